The average molecular weight is 223 g/mol. The van der Waals surface area contributed by atoms with Crippen molar-refractivity contribution in [3.05, 3.63) is 0 Å². The van der Waals surface area contributed by atoms with E-state index in [1.54, 1.807) is 0 Å². The van der Waals surface area contributed by atoms with E-state index in [-0.39, 0.29) is 5.48 Å². The molecule has 0 saturated heterocycles. The Morgan fingerprint density at radius 3 is 1.50 bits per heavy atom. The predicted octanol–water partition coefficient (Wildman–Crippen LogP) is -4.37. The summed E-state index contributed by atoms with van der Waals surface area (Å²) in [5.74, 6) is 0. The maximum atomic E-state index is 10.00. The Hall–Kier alpha value is 0.220. The van der Waals surface area contributed by atoms with Crippen LogP contribution in [0.3, 0.4) is 0 Å². The van der Waals surface area contributed by atoms with E-state index in [0.29, 0.717) is 0 Å². The summed E-state index contributed by atoms with van der Waals surface area (Å²) in [5, 5.41) is 0.765. The molecule has 0 aromatic heterocycles. The minimum absolute atomic E-state index is 0. The second-order valence-corrected chi connectivity index (χ2v) is 5.21. The van der Waals surface area contributed by atoms with Gasteiger partial charge in [-0.3, -0.25) is 0 Å². The zero-order chi connectivity index (χ0) is 9.12. The Bertz CT molecular complexity index is 181. The van der Waals surface area contributed by atoms with Crippen molar-refractivity contribution in [1.82, 2.24) is 0 Å². The number of hydrogen-bond acceptors (Lipinski definition) is 4. The van der Waals surface area contributed by atoms with Gasteiger partial charge in [0.2, 0.25) is 0 Å². The van der Waals surface area contributed by atoms with Crippen LogP contribution >= 0.6 is 15.2 Å². The molecule has 0 aliphatic heterocycles. The zero-order valence-corrected chi connectivity index (χ0v) is 7.78. The first kappa shape index (κ1) is 14.7. The molecule has 7 N–H and O–H groups in total. The lowest BCUT2D eigenvalue weighted by molar-refractivity contribution is -0.629. The molecule has 0 aliphatic carbocycles. The van der Waals surface area contributed by atoms with Crippen LogP contribution in [0, 0.1) is 0 Å². The summed E-state index contributed by atoms with van der Waals surface area (Å²) in [6, 6.07) is 0. The molecule has 8 nitrogen and oxygen atoms in total. The van der Waals surface area contributed by atoms with Crippen LogP contribution in [0.1, 0.15) is 0 Å². The predicted molar refractivity (Wildman–Crippen MR) is 36.2 cm³/mol. The molecule has 12 heavy (non-hydrogen) atoms. The quantitative estimate of drug-likeness (QED) is 0.321. The van der Waals surface area contributed by atoms with E-state index in [4.69, 9.17) is 9.79 Å². The van der Waals surface area contributed by atoms with Crippen LogP contribution < -0.4 is 15.1 Å². The highest BCUT2D eigenvalue weighted by Gasteiger charge is 2.08. The second kappa shape index (κ2) is 5.06. The zero-order valence-electron chi connectivity index (χ0n) is 5.99. The molecule has 0 spiro atoms. The second-order valence-electron chi connectivity index (χ2n) is 1.93. The lowest BCUT2D eigenvalue weighted by atomic mass is 11.2. The Kier molecular flexibility index (Phi) is 6.21. The van der Waals surface area contributed by atoms with Crippen LogP contribution in [0.4, 0.5) is 0 Å². The van der Waals surface area contributed by atoms with Gasteiger partial charge in [-0.1, -0.05) is 0 Å². The minimum atomic E-state index is -4.43. The molecule has 0 fully saturated rings. The Morgan fingerprint density at radius 2 is 1.33 bits per heavy atom. The Labute approximate surface area is 68.2 Å². The van der Waals surface area contributed by atoms with Crippen LogP contribution in [0.5, 0.6) is 0 Å². The van der Waals surface area contributed by atoms with Crippen molar-refractivity contribution in [3.8, 4) is 0 Å². The summed E-state index contributed by atoms with van der Waals surface area (Å²) in [5.41, 5.74) is 0. The number of nitrogens with two attached hydrogens (primary N) is 1. The van der Waals surface area contributed by atoms with Gasteiger partial charge in [0.25, 0.3) is 0 Å². The van der Waals surface area contributed by atoms with Crippen LogP contribution in [0.25, 0.3) is 0 Å². The van der Waals surface area contributed by atoms with Gasteiger partial charge >= 0.3 is 0 Å². The molecule has 0 heterocycles. The summed E-state index contributed by atoms with van der Waals surface area (Å²) < 4.78 is 20.0. The molecular weight excluding hydrogens is 212 g/mol. The van der Waals surface area contributed by atoms with Crippen LogP contribution in [0.2, 0.25) is 0 Å². The van der Waals surface area contributed by atoms with Crippen LogP contribution in [-0.4, -0.2) is 22.4 Å². The van der Waals surface area contributed by atoms with E-state index < -0.39 is 27.8 Å². The van der Waals surface area contributed by atoms with Gasteiger partial charge in [-0.05, 0) is 0 Å². The number of quaternary nitrogens is 1. The highest BCUT2D eigenvalue weighted by molar-refractivity contribution is 7.50. The molecule has 0 aromatic rings. The fourth-order valence-corrected chi connectivity index (χ4v) is 1.50. The van der Waals surface area contributed by atoms with Gasteiger partial charge in [0.05, 0.1) is 0 Å². The lowest BCUT2D eigenvalue weighted by Gasteiger charge is -2.17. The standard InChI is InChI=1S/C2H9NO6P2.H2O/c4-10(5,6)1-3-2-11(7,8)9;/h3H,1-2H2,(H2,4,5,6)(H2,7,8,9);1H2. The van der Waals surface area contributed by atoms with Crippen molar-refractivity contribution >= 4 is 15.2 Å². The summed E-state index contributed by atoms with van der Waals surface area (Å²) in [6.07, 6.45) is -1.50. The molecule has 0 aliphatic rings. The summed E-state index contributed by atoms with van der Waals surface area (Å²) in [7, 11) is -8.86. The van der Waals surface area contributed by atoms with Gasteiger partial charge in [0, 0.05) is 0 Å². The first-order chi connectivity index (χ1) is 4.71. The third-order valence-electron chi connectivity index (χ3n) is 0.720. The van der Waals surface area contributed by atoms with Crippen molar-refractivity contribution < 1.29 is 39.5 Å². The molecule has 0 bridgehead atoms. The van der Waals surface area contributed by atoms with Crippen molar-refractivity contribution in [1.29, 1.82) is 0 Å². The third-order valence-corrected chi connectivity index (χ3v) is 2.16. The van der Waals surface area contributed by atoms with Crippen molar-refractivity contribution in [2.45, 2.75) is 0 Å². The normalized spacial score (nSPS) is 20.3. The van der Waals surface area contributed by atoms with Gasteiger partial charge in [-0.2, -0.15) is 0 Å². The Morgan fingerprint density at radius 1 is 1.08 bits per heavy atom. The van der Waals surface area contributed by atoms with E-state index in [1.807, 2.05) is 0 Å². The smallest absolute Gasteiger partial charge is 0.187 e. The van der Waals surface area contributed by atoms with E-state index in [2.05, 4.69) is 0 Å². The Balaban J connectivity index is 0. The van der Waals surface area contributed by atoms with Crippen molar-refractivity contribution in [2.75, 3.05) is 12.6 Å². The topological polar surface area (TPSA) is 170 Å². The maximum Gasteiger partial charge on any atom is 0.187 e. The van der Waals surface area contributed by atoms with E-state index in [0.717, 1.165) is 5.32 Å². The largest absolute Gasteiger partial charge is 0.775 e. The summed E-state index contributed by atoms with van der Waals surface area (Å²) >= 11 is 0. The highest BCUT2D eigenvalue weighted by Crippen LogP contribution is 2.26. The molecule has 2 unspecified atom stereocenters. The maximum absolute atomic E-state index is 10.00. The molecule has 0 aromatic carbocycles. The molecular formula is C2H11NO7P2. The van der Waals surface area contributed by atoms with Gasteiger partial charge < -0.3 is 39.5 Å². The molecule has 0 amide bonds. The third kappa shape index (κ3) is 12.9. The summed E-state index contributed by atoms with van der Waals surface area (Å²) in [6.45, 7) is 0. The average Bonchev–Trinajstić information content (AvgIpc) is 1.55. The molecule has 0 radical (unpaired) electrons. The lowest BCUT2D eigenvalue weighted by Crippen LogP contribution is -2.84. The minimum Gasteiger partial charge on any atom is -0.775 e. The van der Waals surface area contributed by atoms with Gasteiger partial charge in [0.1, 0.15) is 12.6 Å². The molecule has 0 saturated carbocycles. The van der Waals surface area contributed by atoms with E-state index >= 15 is 0 Å². The number of rotatable bonds is 4. The van der Waals surface area contributed by atoms with Crippen LogP contribution in [0.15, 0.2) is 0 Å². The fourth-order valence-electron chi connectivity index (χ4n) is 0.384. The van der Waals surface area contributed by atoms with Crippen molar-refractivity contribution in [3.63, 3.8) is 0 Å². The van der Waals surface area contributed by atoms with Gasteiger partial charge in [0.15, 0.2) is 15.2 Å². The molecule has 2 atom stereocenters. The SMILES string of the molecule is O=P([O-])(O)C[NH2+]CP(=O)([O-])O.[OH3+]. The molecule has 76 valence electrons. The van der Waals surface area contributed by atoms with Crippen LogP contribution in [-0.2, 0) is 14.6 Å². The fraction of sp³-hybridized carbons (Fsp3) is 1.00. The monoisotopic (exact) mass is 223 g/mol. The van der Waals surface area contributed by atoms with E-state index in [1.165, 1.54) is 0 Å². The van der Waals surface area contributed by atoms with Gasteiger partial charge in [-0.25, -0.2) is 0 Å². The first-order valence-corrected chi connectivity index (χ1v) is 6.10. The molecule has 10 heteroatoms. The van der Waals surface area contributed by atoms with Crippen molar-refractivity contribution in [2.24, 2.45) is 0 Å². The summed E-state index contributed by atoms with van der Waals surface area (Å²) in [4.78, 5) is 36.2. The highest BCUT2D eigenvalue weighted by atomic mass is 31.2. The first-order valence-electron chi connectivity index (χ1n) is 2.58. The molecule has 0 rings (SSSR count). The van der Waals surface area contributed by atoms with E-state index in [9.17, 15) is 18.9 Å². The van der Waals surface area contributed by atoms with Gasteiger partial charge in [-0.15, -0.1) is 0 Å². The number of hydrogen-bond donors (Lipinski definition) is 3.